The van der Waals surface area contributed by atoms with Crippen molar-refractivity contribution in [1.82, 2.24) is 9.97 Å². The van der Waals surface area contributed by atoms with Gasteiger partial charge in [0.1, 0.15) is 5.82 Å². The Bertz CT molecular complexity index is 1010. The Morgan fingerprint density at radius 3 is 2.41 bits per heavy atom. The maximum Gasteiger partial charge on any atom is 0.262 e. The summed E-state index contributed by atoms with van der Waals surface area (Å²) < 4.78 is 29.0. The van der Waals surface area contributed by atoms with Gasteiger partial charge in [-0.05, 0) is 43.3 Å². The number of rotatable bonds is 7. The molecule has 0 fully saturated rings. The van der Waals surface area contributed by atoms with Crippen LogP contribution in [-0.4, -0.2) is 36.7 Å². The van der Waals surface area contributed by atoms with Crippen LogP contribution in [0.25, 0.3) is 11.4 Å². The maximum atomic E-state index is 13.1. The molecule has 0 spiro atoms. The quantitative estimate of drug-likeness (QED) is 0.656. The summed E-state index contributed by atoms with van der Waals surface area (Å²) in [5.41, 5.74) is 1.85. The molecular weight excluding hydrogens is 377 g/mol. The lowest BCUT2D eigenvalue weighted by Gasteiger charge is -2.11. The zero-order chi connectivity index (χ0) is 20.8. The molecule has 1 heterocycles. The van der Waals surface area contributed by atoms with E-state index < -0.39 is 0 Å². The van der Waals surface area contributed by atoms with E-state index in [2.05, 4.69) is 15.3 Å². The molecule has 0 aliphatic heterocycles. The number of ether oxygens (including phenoxy) is 3. The smallest absolute Gasteiger partial charge is 0.262 e. The number of aryl methyl sites for hydroxylation is 1. The largest absolute Gasteiger partial charge is 0.493 e. The van der Waals surface area contributed by atoms with Gasteiger partial charge in [-0.15, -0.1) is 0 Å². The molecule has 1 amide bonds. The van der Waals surface area contributed by atoms with Gasteiger partial charge in [-0.3, -0.25) is 4.79 Å². The Morgan fingerprint density at radius 1 is 1.00 bits per heavy atom. The van der Waals surface area contributed by atoms with Crippen LogP contribution >= 0.6 is 0 Å². The van der Waals surface area contributed by atoms with Crippen LogP contribution in [0, 0.1) is 12.7 Å². The fraction of sp³-hybridized carbons (Fsp3) is 0.190. The number of methoxy groups -OCH3 is 2. The second-order valence-corrected chi connectivity index (χ2v) is 6.08. The van der Waals surface area contributed by atoms with Crippen LogP contribution < -0.4 is 19.5 Å². The highest BCUT2D eigenvalue weighted by atomic mass is 19.1. The average molecular weight is 397 g/mol. The Balaban J connectivity index is 1.66. The van der Waals surface area contributed by atoms with Gasteiger partial charge in [0.25, 0.3) is 5.91 Å². The van der Waals surface area contributed by atoms with Gasteiger partial charge >= 0.3 is 0 Å². The van der Waals surface area contributed by atoms with Gasteiger partial charge < -0.3 is 19.5 Å². The third-order valence-electron chi connectivity index (χ3n) is 3.95. The molecule has 0 atom stereocenters. The first kappa shape index (κ1) is 20.1. The minimum Gasteiger partial charge on any atom is -0.493 e. The van der Waals surface area contributed by atoms with E-state index in [-0.39, 0.29) is 24.2 Å². The van der Waals surface area contributed by atoms with E-state index in [0.29, 0.717) is 34.3 Å². The molecule has 3 rings (SSSR count). The Morgan fingerprint density at radius 2 is 1.72 bits per heavy atom. The number of hydrogen-bond donors (Lipinski definition) is 1. The summed E-state index contributed by atoms with van der Waals surface area (Å²) >= 11 is 0. The summed E-state index contributed by atoms with van der Waals surface area (Å²) in [6, 6.07) is 12.5. The van der Waals surface area contributed by atoms with Crippen molar-refractivity contribution in [2.75, 3.05) is 26.1 Å². The number of aromatic nitrogens is 2. The van der Waals surface area contributed by atoms with Gasteiger partial charge in [-0.1, -0.05) is 0 Å². The fourth-order valence-corrected chi connectivity index (χ4v) is 2.59. The van der Waals surface area contributed by atoms with E-state index in [1.807, 2.05) is 0 Å². The summed E-state index contributed by atoms with van der Waals surface area (Å²) in [5, 5.41) is 2.72. The normalized spacial score (nSPS) is 10.3. The van der Waals surface area contributed by atoms with Crippen LogP contribution in [0.5, 0.6) is 17.4 Å². The summed E-state index contributed by atoms with van der Waals surface area (Å²) in [6.07, 6.45) is 0. The molecule has 8 heteroatoms. The molecule has 3 aromatic rings. The zero-order valence-electron chi connectivity index (χ0n) is 16.2. The van der Waals surface area contributed by atoms with Gasteiger partial charge in [-0.25, -0.2) is 9.37 Å². The predicted octanol–water partition coefficient (Wildman–Crippen LogP) is 3.63. The standard InChI is InChI=1S/C21H20FN3O4/c1-13-10-20(25-21(23-13)14-4-6-15(22)7-5-14)29-12-19(26)24-16-8-9-17(27-2)18(11-16)28-3/h4-11H,12H2,1-3H3,(H,24,26). The Kier molecular flexibility index (Phi) is 6.23. The molecular formula is C21H20FN3O4. The van der Waals surface area contributed by atoms with E-state index in [9.17, 15) is 9.18 Å². The molecule has 0 bridgehead atoms. The molecule has 0 aliphatic carbocycles. The molecule has 2 aromatic carbocycles. The first-order valence-electron chi connectivity index (χ1n) is 8.75. The predicted molar refractivity (Wildman–Crippen MR) is 106 cm³/mol. The number of nitrogens with zero attached hydrogens (tertiary/aromatic N) is 2. The van der Waals surface area contributed by atoms with E-state index in [1.54, 1.807) is 43.3 Å². The van der Waals surface area contributed by atoms with E-state index >= 15 is 0 Å². The Labute approximate surface area is 167 Å². The van der Waals surface area contributed by atoms with Crippen molar-refractivity contribution in [1.29, 1.82) is 0 Å². The number of nitrogens with one attached hydrogen (secondary N) is 1. The van der Waals surface area contributed by atoms with Crippen molar-refractivity contribution in [2.24, 2.45) is 0 Å². The fourth-order valence-electron chi connectivity index (χ4n) is 2.59. The summed E-state index contributed by atoms with van der Waals surface area (Å²) in [7, 11) is 3.05. The van der Waals surface area contributed by atoms with Crippen LogP contribution in [-0.2, 0) is 4.79 Å². The van der Waals surface area contributed by atoms with Gasteiger partial charge in [-0.2, -0.15) is 4.98 Å². The minimum absolute atomic E-state index is 0.242. The lowest BCUT2D eigenvalue weighted by molar-refractivity contribution is -0.118. The van der Waals surface area contributed by atoms with Crippen LogP contribution in [0.4, 0.5) is 10.1 Å². The molecule has 7 nitrogen and oxygen atoms in total. The number of hydrogen-bond acceptors (Lipinski definition) is 6. The maximum absolute atomic E-state index is 13.1. The number of amides is 1. The molecule has 1 N–H and O–H groups in total. The first-order chi connectivity index (χ1) is 14.0. The van der Waals surface area contributed by atoms with Gasteiger partial charge in [0.2, 0.25) is 5.88 Å². The number of halogens is 1. The SMILES string of the molecule is COc1ccc(NC(=O)COc2cc(C)nc(-c3ccc(F)cc3)n2)cc1OC. The highest BCUT2D eigenvalue weighted by Gasteiger charge is 2.10. The van der Waals surface area contributed by atoms with Crippen molar-refractivity contribution >= 4 is 11.6 Å². The number of carbonyl (C=O) groups is 1. The number of carbonyl (C=O) groups excluding carboxylic acids is 1. The summed E-state index contributed by atoms with van der Waals surface area (Å²) in [5.74, 6) is 0.995. The van der Waals surface area contributed by atoms with Crippen LogP contribution in [0.15, 0.2) is 48.5 Å². The topological polar surface area (TPSA) is 82.6 Å². The molecule has 150 valence electrons. The van der Waals surface area contributed by atoms with Gasteiger partial charge in [0, 0.05) is 29.1 Å². The third kappa shape index (κ3) is 5.19. The zero-order valence-corrected chi connectivity index (χ0v) is 16.2. The monoisotopic (exact) mass is 397 g/mol. The van der Waals surface area contributed by atoms with Crippen LogP contribution in [0.1, 0.15) is 5.69 Å². The number of anilines is 1. The van der Waals surface area contributed by atoms with Gasteiger partial charge in [0.05, 0.1) is 14.2 Å². The summed E-state index contributed by atoms with van der Waals surface area (Å²) in [6.45, 7) is 1.54. The number of benzene rings is 2. The van der Waals surface area contributed by atoms with E-state index in [4.69, 9.17) is 14.2 Å². The van der Waals surface area contributed by atoms with E-state index in [1.165, 1.54) is 26.4 Å². The molecule has 0 aliphatic rings. The molecule has 0 unspecified atom stereocenters. The minimum atomic E-state index is -0.364. The van der Waals surface area contributed by atoms with Crippen molar-refractivity contribution in [3.05, 3.63) is 60.0 Å². The second kappa shape index (κ2) is 9.01. The van der Waals surface area contributed by atoms with Crippen LogP contribution in [0.3, 0.4) is 0 Å². The molecule has 1 aromatic heterocycles. The molecule has 0 radical (unpaired) electrons. The van der Waals surface area contributed by atoms with Crippen LogP contribution in [0.2, 0.25) is 0 Å². The highest BCUT2D eigenvalue weighted by molar-refractivity contribution is 5.92. The third-order valence-corrected chi connectivity index (χ3v) is 3.95. The summed E-state index contributed by atoms with van der Waals surface area (Å²) in [4.78, 5) is 20.8. The highest BCUT2D eigenvalue weighted by Crippen LogP contribution is 2.29. The van der Waals surface area contributed by atoms with Crippen molar-refractivity contribution in [3.63, 3.8) is 0 Å². The van der Waals surface area contributed by atoms with Crippen molar-refractivity contribution in [2.45, 2.75) is 6.92 Å². The first-order valence-corrected chi connectivity index (χ1v) is 8.75. The molecule has 29 heavy (non-hydrogen) atoms. The molecule has 0 saturated carbocycles. The second-order valence-electron chi connectivity index (χ2n) is 6.08. The Hall–Kier alpha value is -3.68. The van der Waals surface area contributed by atoms with E-state index in [0.717, 1.165) is 0 Å². The average Bonchev–Trinajstić information content (AvgIpc) is 2.72. The lowest BCUT2D eigenvalue weighted by Crippen LogP contribution is -2.20. The van der Waals surface area contributed by atoms with Crippen molar-refractivity contribution in [3.8, 4) is 28.8 Å². The van der Waals surface area contributed by atoms with Crippen molar-refractivity contribution < 1.29 is 23.4 Å². The van der Waals surface area contributed by atoms with Gasteiger partial charge in [0.15, 0.2) is 23.9 Å². The molecule has 0 saturated heterocycles. The lowest BCUT2D eigenvalue weighted by atomic mass is 10.2.